The van der Waals surface area contributed by atoms with Crippen molar-refractivity contribution in [2.45, 2.75) is 25.9 Å². The molecule has 1 aliphatic rings. The van der Waals surface area contributed by atoms with Crippen LogP contribution in [-0.2, 0) is 13.0 Å². The lowest BCUT2D eigenvalue weighted by atomic mass is 10.0. The number of piperazine rings is 1. The Morgan fingerprint density at radius 3 is 2.63 bits per heavy atom. The average Bonchev–Trinajstić information content (AvgIpc) is 2.41. The maximum absolute atomic E-state index is 3.24. The highest BCUT2D eigenvalue weighted by Gasteiger charge is 2.21. The molecular weight excluding hydrogens is 234 g/mol. The highest BCUT2D eigenvalue weighted by molar-refractivity contribution is 5.27. The molecule has 0 aromatic heterocycles. The third kappa shape index (κ3) is 4.03. The molecule has 3 heteroatoms. The van der Waals surface area contributed by atoms with Gasteiger partial charge in [0.25, 0.3) is 0 Å². The van der Waals surface area contributed by atoms with Crippen molar-refractivity contribution in [1.82, 2.24) is 15.1 Å². The second kappa shape index (κ2) is 7.04. The smallest absolute Gasteiger partial charge is 0.0240 e. The SMILES string of the molecule is CNCCc1ccccc1CN1CCN(C)CC1C. The van der Waals surface area contributed by atoms with Gasteiger partial charge in [0, 0.05) is 32.2 Å². The van der Waals surface area contributed by atoms with Crippen molar-refractivity contribution >= 4 is 0 Å². The van der Waals surface area contributed by atoms with Crippen molar-refractivity contribution in [2.24, 2.45) is 0 Å². The van der Waals surface area contributed by atoms with Crippen LogP contribution in [-0.4, -0.2) is 56.1 Å². The van der Waals surface area contributed by atoms with Crippen LogP contribution < -0.4 is 5.32 Å². The molecule has 1 aliphatic heterocycles. The summed E-state index contributed by atoms with van der Waals surface area (Å²) in [4.78, 5) is 5.03. The van der Waals surface area contributed by atoms with E-state index in [0.717, 1.165) is 19.5 Å². The zero-order chi connectivity index (χ0) is 13.7. The van der Waals surface area contributed by atoms with E-state index < -0.39 is 0 Å². The molecule has 1 aromatic carbocycles. The van der Waals surface area contributed by atoms with E-state index in [1.807, 2.05) is 7.05 Å². The third-order valence-corrected chi connectivity index (χ3v) is 4.10. The second-order valence-corrected chi connectivity index (χ2v) is 5.70. The van der Waals surface area contributed by atoms with Gasteiger partial charge in [0.15, 0.2) is 0 Å². The van der Waals surface area contributed by atoms with Crippen LogP contribution >= 0.6 is 0 Å². The Hall–Kier alpha value is -0.900. The van der Waals surface area contributed by atoms with Crippen LogP contribution in [0.2, 0.25) is 0 Å². The third-order valence-electron chi connectivity index (χ3n) is 4.10. The van der Waals surface area contributed by atoms with Crippen LogP contribution in [0.25, 0.3) is 0 Å². The van der Waals surface area contributed by atoms with Crippen LogP contribution in [0.3, 0.4) is 0 Å². The highest BCUT2D eigenvalue weighted by atomic mass is 15.3. The Morgan fingerprint density at radius 1 is 1.21 bits per heavy atom. The summed E-state index contributed by atoms with van der Waals surface area (Å²) < 4.78 is 0. The van der Waals surface area contributed by atoms with Crippen LogP contribution in [0.4, 0.5) is 0 Å². The molecule has 0 amide bonds. The number of hydrogen-bond acceptors (Lipinski definition) is 3. The van der Waals surface area contributed by atoms with Crippen molar-refractivity contribution < 1.29 is 0 Å². The standard InChI is InChI=1S/C16H27N3/c1-14-12-18(3)10-11-19(14)13-16-7-5-4-6-15(16)8-9-17-2/h4-7,14,17H,8-13H2,1-3H3. The lowest BCUT2D eigenvalue weighted by Crippen LogP contribution is -2.49. The summed E-state index contributed by atoms with van der Waals surface area (Å²) in [6.07, 6.45) is 1.12. The van der Waals surface area contributed by atoms with E-state index in [9.17, 15) is 0 Å². The van der Waals surface area contributed by atoms with Crippen molar-refractivity contribution in [3.63, 3.8) is 0 Å². The van der Waals surface area contributed by atoms with Gasteiger partial charge < -0.3 is 10.2 Å². The molecule has 3 nitrogen and oxygen atoms in total. The molecule has 0 spiro atoms. The Kier molecular flexibility index (Phi) is 5.37. The zero-order valence-electron chi connectivity index (χ0n) is 12.5. The van der Waals surface area contributed by atoms with E-state index in [1.54, 1.807) is 0 Å². The van der Waals surface area contributed by atoms with Gasteiger partial charge in [0.1, 0.15) is 0 Å². The molecule has 1 fully saturated rings. The van der Waals surface area contributed by atoms with E-state index in [0.29, 0.717) is 6.04 Å². The van der Waals surface area contributed by atoms with E-state index in [1.165, 1.54) is 30.8 Å². The molecule has 0 bridgehead atoms. The molecule has 1 heterocycles. The topological polar surface area (TPSA) is 18.5 Å². The van der Waals surface area contributed by atoms with E-state index in [-0.39, 0.29) is 0 Å². The van der Waals surface area contributed by atoms with Crippen LogP contribution in [0.15, 0.2) is 24.3 Å². The first kappa shape index (κ1) is 14.5. The first-order chi connectivity index (χ1) is 9.20. The zero-order valence-corrected chi connectivity index (χ0v) is 12.5. The largest absolute Gasteiger partial charge is 0.319 e. The lowest BCUT2D eigenvalue weighted by Gasteiger charge is -2.38. The summed E-state index contributed by atoms with van der Waals surface area (Å²) in [6, 6.07) is 9.53. The van der Waals surface area contributed by atoms with Crippen LogP contribution in [0, 0.1) is 0 Å². The van der Waals surface area contributed by atoms with Crippen LogP contribution in [0.1, 0.15) is 18.1 Å². The molecule has 0 saturated carbocycles. The Morgan fingerprint density at radius 2 is 1.95 bits per heavy atom. The van der Waals surface area contributed by atoms with Gasteiger partial charge in [-0.1, -0.05) is 24.3 Å². The van der Waals surface area contributed by atoms with Gasteiger partial charge in [0.2, 0.25) is 0 Å². The predicted molar refractivity (Wildman–Crippen MR) is 81.4 cm³/mol. The maximum atomic E-state index is 3.24. The van der Waals surface area contributed by atoms with Crippen molar-refractivity contribution in [2.75, 3.05) is 40.3 Å². The van der Waals surface area contributed by atoms with Gasteiger partial charge in [-0.25, -0.2) is 0 Å². The predicted octanol–water partition coefficient (Wildman–Crippen LogP) is 1.58. The normalized spacial score (nSPS) is 21.7. The van der Waals surface area contributed by atoms with Crippen molar-refractivity contribution in [3.05, 3.63) is 35.4 Å². The molecule has 1 N–H and O–H groups in total. The summed E-state index contributed by atoms with van der Waals surface area (Å²) in [5, 5.41) is 3.24. The molecule has 2 rings (SSSR count). The summed E-state index contributed by atoms with van der Waals surface area (Å²) in [7, 11) is 4.24. The fourth-order valence-corrected chi connectivity index (χ4v) is 2.85. The minimum atomic E-state index is 0.649. The van der Waals surface area contributed by atoms with Crippen molar-refractivity contribution in [1.29, 1.82) is 0 Å². The monoisotopic (exact) mass is 261 g/mol. The fourth-order valence-electron chi connectivity index (χ4n) is 2.85. The number of rotatable bonds is 5. The number of likely N-dealkylation sites (N-methyl/N-ethyl adjacent to an activating group) is 2. The minimum Gasteiger partial charge on any atom is -0.319 e. The van der Waals surface area contributed by atoms with Gasteiger partial charge in [0.05, 0.1) is 0 Å². The molecular formula is C16H27N3. The quantitative estimate of drug-likeness (QED) is 0.868. The molecule has 1 saturated heterocycles. The number of hydrogen-bond donors (Lipinski definition) is 1. The molecule has 106 valence electrons. The molecule has 0 aliphatic carbocycles. The van der Waals surface area contributed by atoms with Gasteiger partial charge in [-0.3, -0.25) is 4.90 Å². The molecule has 1 unspecified atom stereocenters. The molecule has 1 atom stereocenters. The summed E-state index contributed by atoms with van der Waals surface area (Å²) in [5.41, 5.74) is 2.98. The fraction of sp³-hybridized carbons (Fsp3) is 0.625. The van der Waals surface area contributed by atoms with E-state index in [4.69, 9.17) is 0 Å². The summed E-state index contributed by atoms with van der Waals surface area (Å²) >= 11 is 0. The highest BCUT2D eigenvalue weighted by Crippen LogP contribution is 2.16. The maximum Gasteiger partial charge on any atom is 0.0240 e. The molecule has 1 aromatic rings. The summed E-state index contributed by atoms with van der Waals surface area (Å²) in [5.74, 6) is 0. The Labute approximate surface area is 117 Å². The van der Waals surface area contributed by atoms with Gasteiger partial charge in [-0.2, -0.15) is 0 Å². The molecule has 19 heavy (non-hydrogen) atoms. The number of benzene rings is 1. The van der Waals surface area contributed by atoms with Gasteiger partial charge in [-0.15, -0.1) is 0 Å². The molecule has 0 radical (unpaired) electrons. The minimum absolute atomic E-state index is 0.649. The number of nitrogens with one attached hydrogen (secondary N) is 1. The van der Waals surface area contributed by atoms with E-state index >= 15 is 0 Å². The first-order valence-electron chi connectivity index (χ1n) is 7.34. The second-order valence-electron chi connectivity index (χ2n) is 5.70. The average molecular weight is 261 g/mol. The lowest BCUT2D eigenvalue weighted by molar-refractivity contribution is 0.0936. The van der Waals surface area contributed by atoms with Gasteiger partial charge in [-0.05, 0) is 45.1 Å². The summed E-state index contributed by atoms with van der Waals surface area (Å²) in [6.45, 7) is 8.02. The number of nitrogens with zero attached hydrogens (tertiary/aromatic N) is 2. The van der Waals surface area contributed by atoms with E-state index in [2.05, 4.69) is 53.4 Å². The van der Waals surface area contributed by atoms with Crippen molar-refractivity contribution in [3.8, 4) is 0 Å². The van der Waals surface area contributed by atoms with Crippen LogP contribution in [0.5, 0.6) is 0 Å². The Balaban J connectivity index is 2.01. The first-order valence-corrected chi connectivity index (χ1v) is 7.34. The Bertz CT molecular complexity index is 391. The van der Waals surface area contributed by atoms with Gasteiger partial charge >= 0.3 is 0 Å².